The summed E-state index contributed by atoms with van der Waals surface area (Å²) >= 11 is 5.77. The molecule has 1 fully saturated rings. The molecule has 1 aromatic heterocycles. The molecule has 0 unspecified atom stereocenters. The van der Waals surface area contributed by atoms with Crippen LogP contribution in [0.4, 0.5) is 20.8 Å². The normalized spacial score (nSPS) is 16.8. The average Bonchev–Trinajstić information content (AvgIpc) is 2.70. The van der Waals surface area contributed by atoms with E-state index in [1.807, 2.05) is 6.20 Å². The Morgan fingerprint density at radius 3 is 2.78 bits per heavy atom. The number of hydrogen-bond acceptors (Lipinski definition) is 4. The van der Waals surface area contributed by atoms with E-state index in [1.54, 1.807) is 4.90 Å². The maximum absolute atomic E-state index is 13.3. The zero-order valence-corrected chi connectivity index (χ0v) is 15.7. The van der Waals surface area contributed by atoms with Gasteiger partial charge in [-0.1, -0.05) is 11.6 Å². The van der Waals surface area contributed by atoms with E-state index in [1.165, 1.54) is 37.5 Å². The average molecular weight is 390 g/mol. The predicted molar refractivity (Wildman–Crippen MR) is 103 cm³/mol. The van der Waals surface area contributed by atoms with Crippen LogP contribution in [0, 0.1) is 5.82 Å². The Morgan fingerprint density at radius 2 is 2.00 bits per heavy atom. The topological polar surface area (TPSA) is 61.4 Å². The van der Waals surface area contributed by atoms with Crippen LogP contribution in [-0.2, 0) is 13.0 Å². The monoisotopic (exact) mass is 389 g/mol. The summed E-state index contributed by atoms with van der Waals surface area (Å²) in [6.45, 7) is 3.04. The number of anilines is 2. The number of carbonyl (C=O) groups is 1. The molecule has 8 heteroatoms. The molecule has 1 aromatic carbocycles. The van der Waals surface area contributed by atoms with Crippen LogP contribution < -0.4 is 10.2 Å². The second kappa shape index (κ2) is 7.68. The molecule has 3 heterocycles. The van der Waals surface area contributed by atoms with E-state index in [-0.39, 0.29) is 11.1 Å². The highest BCUT2D eigenvalue weighted by Gasteiger charge is 2.24. The van der Waals surface area contributed by atoms with Crippen LogP contribution in [-0.4, -0.2) is 40.5 Å². The number of halogens is 2. The number of benzene rings is 1. The summed E-state index contributed by atoms with van der Waals surface area (Å²) in [6, 6.07) is 3.88. The van der Waals surface area contributed by atoms with Crippen molar-refractivity contribution in [3.8, 4) is 0 Å². The highest BCUT2D eigenvalue weighted by molar-refractivity contribution is 6.31. The Bertz CT molecular complexity index is 856. The van der Waals surface area contributed by atoms with Gasteiger partial charge in [-0.2, -0.15) is 0 Å². The summed E-state index contributed by atoms with van der Waals surface area (Å²) in [6.07, 6.45) is 6.16. The van der Waals surface area contributed by atoms with Gasteiger partial charge in [0.2, 0.25) is 5.95 Å². The van der Waals surface area contributed by atoms with Gasteiger partial charge in [-0.25, -0.2) is 19.2 Å². The Hall–Kier alpha value is -2.41. The predicted octanol–water partition coefficient (Wildman–Crippen LogP) is 3.85. The Balaban J connectivity index is 1.43. The van der Waals surface area contributed by atoms with Crippen LogP contribution in [0.5, 0.6) is 0 Å². The maximum atomic E-state index is 13.3. The fourth-order valence-corrected chi connectivity index (χ4v) is 3.68. The SMILES string of the molecule is O=C(Nc1ccc(F)c(Cl)c1)N1CCc2nc(N3CCCCC3)ncc2C1. The number of nitrogens with one attached hydrogen (secondary N) is 1. The van der Waals surface area contributed by atoms with E-state index >= 15 is 0 Å². The van der Waals surface area contributed by atoms with E-state index < -0.39 is 5.82 Å². The molecule has 0 spiro atoms. The van der Waals surface area contributed by atoms with Gasteiger partial charge in [0, 0.05) is 43.5 Å². The zero-order chi connectivity index (χ0) is 18.8. The van der Waals surface area contributed by atoms with Crippen molar-refractivity contribution in [1.29, 1.82) is 0 Å². The lowest BCUT2D eigenvalue weighted by atomic mass is 10.1. The number of rotatable bonds is 2. The summed E-state index contributed by atoms with van der Waals surface area (Å²) in [7, 11) is 0. The molecule has 0 aliphatic carbocycles. The number of fused-ring (bicyclic) bond motifs is 1. The summed E-state index contributed by atoms with van der Waals surface area (Å²) in [5.41, 5.74) is 2.45. The summed E-state index contributed by atoms with van der Waals surface area (Å²) in [5, 5.41) is 2.74. The molecular formula is C19H21ClFN5O. The lowest BCUT2D eigenvalue weighted by Gasteiger charge is -2.30. The standard InChI is InChI=1S/C19H21ClFN5O/c20-15-10-14(4-5-16(15)21)23-19(27)26-9-6-17-13(12-26)11-22-18(24-17)25-7-2-1-3-8-25/h4-5,10-11H,1-3,6-9,12H2,(H,23,27). The molecule has 2 aromatic rings. The van der Waals surface area contributed by atoms with E-state index in [2.05, 4.69) is 15.2 Å². The highest BCUT2D eigenvalue weighted by Crippen LogP contribution is 2.23. The second-order valence-corrected chi connectivity index (χ2v) is 7.33. The van der Waals surface area contributed by atoms with Crippen molar-refractivity contribution in [1.82, 2.24) is 14.9 Å². The molecule has 2 amide bonds. The molecule has 4 rings (SSSR count). The summed E-state index contributed by atoms with van der Waals surface area (Å²) in [4.78, 5) is 25.7. The van der Waals surface area contributed by atoms with Crippen LogP contribution in [0.2, 0.25) is 5.02 Å². The fraction of sp³-hybridized carbons (Fsp3) is 0.421. The van der Waals surface area contributed by atoms with Crippen LogP contribution in [0.25, 0.3) is 0 Å². The minimum absolute atomic E-state index is 0.0181. The van der Waals surface area contributed by atoms with Crippen LogP contribution in [0.3, 0.4) is 0 Å². The molecule has 2 aliphatic heterocycles. The number of piperidine rings is 1. The number of hydrogen-bond donors (Lipinski definition) is 1. The number of aromatic nitrogens is 2. The van der Waals surface area contributed by atoms with Crippen molar-refractivity contribution >= 4 is 29.3 Å². The van der Waals surface area contributed by atoms with Crippen LogP contribution in [0.1, 0.15) is 30.5 Å². The van der Waals surface area contributed by atoms with Crippen LogP contribution in [0.15, 0.2) is 24.4 Å². The number of urea groups is 1. The smallest absolute Gasteiger partial charge is 0.322 e. The van der Waals surface area contributed by atoms with Crippen LogP contribution >= 0.6 is 11.6 Å². The van der Waals surface area contributed by atoms with Crippen molar-refractivity contribution in [3.05, 3.63) is 46.5 Å². The van der Waals surface area contributed by atoms with Gasteiger partial charge in [-0.3, -0.25) is 0 Å². The molecule has 6 nitrogen and oxygen atoms in total. The molecule has 27 heavy (non-hydrogen) atoms. The fourth-order valence-electron chi connectivity index (χ4n) is 3.50. The Kier molecular flexibility index (Phi) is 5.11. The molecule has 1 N–H and O–H groups in total. The third-order valence-electron chi connectivity index (χ3n) is 5.02. The van der Waals surface area contributed by atoms with E-state index in [9.17, 15) is 9.18 Å². The number of amides is 2. The third-order valence-corrected chi connectivity index (χ3v) is 5.31. The van der Waals surface area contributed by atoms with Crippen molar-refractivity contribution in [3.63, 3.8) is 0 Å². The van der Waals surface area contributed by atoms with Gasteiger partial charge in [0.25, 0.3) is 0 Å². The zero-order valence-electron chi connectivity index (χ0n) is 14.9. The maximum Gasteiger partial charge on any atom is 0.322 e. The van der Waals surface area contributed by atoms with Gasteiger partial charge in [-0.05, 0) is 37.5 Å². The second-order valence-electron chi connectivity index (χ2n) is 6.92. The summed E-state index contributed by atoms with van der Waals surface area (Å²) in [5.74, 6) is 0.288. The summed E-state index contributed by atoms with van der Waals surface area (Å²) < 4.78 is 13.3. The van der Waals surface area contributed by atoms with Gasteiger partial charge in [-0.15, -0.1) is 0 Å². The van der Waals surface area contributed by atoms with Gasteiger partial charge in [0.15, 0.2) is 0 Å². The largest absolute Gasteiger partial charge is 0.341 e. The number of carbonyl (C=O) groups excluding carboxylic acids is 1. The number of nitrogens with zero attached hydrogens (tertiary/aromatic N) is 4. The lowest BCUT2D eigenvalue weighted by molar-refractivity contribution is 0.206. The molecule has 0 radical (unpaired) electrons. The first kappa shape index (κ1) is 18.0. The Morgan fingerprint density at radius 1 is 1.19 bits per heavy atom. The Labute approximate surface area is 162 Å². The first-order chi connectivity index (χ1) is 13.1. The molecule has 142 valence electrons. The molecular weight excluding hydrogens is 369 g/mol. The first-order valence-corrected chi connectivity index (χ1v) is 9.59. The third kappa shape index (κ3) is 3.98. The van der Waals surface area contributed by atoms with Crippen molar-refractivity contribution in [2.45, 2.75) is 32.2 Å². The minimum atomic E-state index is -0.511. The highest BCUT2D eigenvalue weighted by atomic mass is 35.5. The van der Waals surface area contributed by atoms with Gasteiger partial charge in [0.05, 0.1) is 17.3 Å². The van der Waals surface area contributed by atoms with E-state index in [0.29, 0.717) is 25.2 Å². The quantitative estimate of drug-likeness (QED) is 0.847. The molecule has 2 aliphatic rings. The molecule has 1 saturated heterocycles. The van der Waals surface area contributed by atoms with Crippen molar-refractivity contribution in [2.24, 2.45) is 0 Å². The van der Waals surface area contributed by atoms with E-state index in [0.717, 1.165) is 30.3 Å². The molecule has 0 saturated carbocycles. The van der Waals surface area contributed by atoms with Gasteiger partial charge >= 0.3 is 6.03 Å². The van der Waals surface area contributed by atoms with Crippen molar-refractivity contribution < 1.29 is 9.18 Å². The molecule has 0 bridgehead atoms. The van der Waals surface area contributed by atoms with E-state index in [4.69, 9.17) is 16.6 Å². The van der Waals surface area contributed by atoms with Gasteiger partial charge in [0.1, 0.15) is 5.82 Å². The van der Waals surface area contributed by atoms with Gasteiger partial charge < -0.3 is 15.1 Å². The minimum Gasteiger partial charge on any atom is -0.341 e. The lowest BCUT2D eigenvalue weighted by Crippen LogP contribution is -2.39. The first-order valence-electron chi connectivity index (χ1n) is 9.21. The van der Waals surface area contributed by atoms with Crippen molar-refractivity contribution in [2.75, 3.05) is 29.9 Å². The molecule has 0 atom stereocenters.